The standard InChI is InChI=1S/C14H27NO/c1-8-14(6,7)10-12(16-11(2)15)9-13(3,4)5/h8,12,15H,1,9-10H2,2-7H3. The van der Waals surface area contributed by atoms with Crippen LogP contribution in [0.2, 0.25) is 0 Å². The Morgan fingerprint density at radius 1 is 1.25 bits per heavy atom. The monoisotopic (exact) mass is 225 g/mol. The second-order valence-corrected chi connectivity index (χ2v) is 6.46. The molecule has 1 unspecified atom stereocenters. The van der Waals surface area contributed by atoms with Crippen LogP contribution in [0.5, 0.6) is 0 Å². The number of allylic oxidation sites excluding steroid dienone is 1. The molecule has 0 aromatic rings. The molecule has 0 aliphatic carbocycles. The van der Waals surface area contributed by atoms with Crippen molar-refractivity contribution in [2.75, 3.05) is 0 Å². The van der Waals surface area contributed by atoms with Crippen LogP contribution in [0, 0.1) is 16.2 Å². The summed E-state index contributed by atoms with van der Waals surface area (Å²) in [6.45, 7) is 16.4. The van der Waals surface area contributed by atoms with E-state index < -0.39 is 0 Å². The Morgan fingerprint density at radius 2 is 1.75 bits per heavy atom. The molecule has 0 radical (unpaired) electrons. The van der Waals surface area contributed by atoms with Crippen molar-refractivity contribution in [2.45, 2.75) is 60.5 Å². The zero-order chi connectivity index (χ0) is 13.0. The maximum Gasteiger partial charge on any atom is 0.177 e. The summed E-state index contributed by atoms with van der Waals surface area (Å²) in [5.41, 5.74) is 0.280. The smallest absolute Gasteiger partial charge is 0.177 e. The molecule has 0 heterocycles. The predicted molar refractivity (Wildman–Crippen MR) is 70.9 cm³/mol. The quantitative estimate of drug-likeness (QED) is 0.419. The van der Waals surface area contributed by atoms with Crippen LogP contribution in [0.25, 0.3) is 0 Å². The van der Waals surface area contributed by atoms with Crippen molar-refractivity contribution in [3.8, 4) is 0 Å². The van der Waals surface area contributed by atoms with Gasteiger partial charge >= 0.3 is 0 Å². The van der Waals surface area contributed by atoms with E-state index in [2.05, 4.69) is 41.2 Å². The van der Waals surface area contributed by atoms with E-state index in [1.165, 1.54) is 0 Å². The van der Waals surface area contributed by atoms with E-state index in [0.717, 1.165) is 12.8 Å². The molecule has 16 heavy (non-hydrogen) atoms. The third kappa shape index (κ3) is 7.49. The first-order chi connectivity index (χ1) is 7.06. The van der Waals surface area contributed by atoms with Crippen molar-refractivity contribution in [3.05, 3.63) is 12.7 Å². The Labute approximate surface area is 101 Å². The SMILES string of the molecule is C=CC(C)(C)CC(CC(C)(C)C)OC(C)=N. The minimum atomic E-state index is 0.0609. The third-order valence-electron chi connectivity index (χ3n) is 2.49. The van der Waals surface area contributed by atoms with Crippen molar-refractivity contribution in [1.82, 2.24) is 0 Å². The average Bonchev–Trinajstić information content (AvgIpc) is 1.98. The van der Waals surface area contributed by atoms with Gasteiger partial charge in [-0.2, -0.15) is 0 Å². The lowest BCUT2D eigenvalue weighted by Crippen LogP contribution is -2.27. The Bertz CT molecular complexity index is 248. The van der Waals surface area contributed by atoms with Crippen LogP contribution >= 0.6 is 0 Å². The van der Waals surface area contributed by atoms with E-state index in [1.807, 2.05) is 6.08 Å². The van der Waals surface area contributed by atoms with Crippen LogP contribution < -0.4 is 0 Å². The van der Waals surface area contributed by atoms with Crippen LogP contribution in [0.4, 0.5) is 0 Å². The van der Waals surface area contributed by atoms with E-state index in [1.54, 1.807) is 6.92 Å². The summed E-state index contributed by atoms with van der Waals surface area (Å²) in [7, 11) is 0. The first-order valence-corrected chi connectivity index (χ1v) is 5.91. The summed E-state index contributed by atoms with van der Waals surface area (Å²) >= 11 is 0. The Kier molecular flexibility index (Phi) is 5.24. The minimum Gasteiger partial charge on any atom is -0.478 e. The van der Waals surface area contributed by atoms with Gasteiger partial charge in [-0.05, 0) is 23.7 Å². The molecule has 0 saturated carbocycles. The van der Waals surface area contributed by atoms with Gasteiger partial charge in [0.1, 0.15) is 6.10 Å². The van der Waals surface area contributed by atoms with Crippen molar-refractivity contribution in [1.29, 1.82) is 5.41 Å². The van der Waals surface area contributed by atoms with Gasteiger partial charge < -0.3 is 4.74 Å². The van der Waals surface area contributed by atoms with Gasteiger partial charge in [-0.1, -0.05) is 40.7 Å². The lowest BCUT2D eigenvalue weighted by molar-refractivity contribution is 0.0969. The summed E-state index contributed by atoms with van der Waals surface area (Å²) in [6, 6.07) is 0. The first-order valence-electron chi connectivity index (χ1n) is 5.91. The van der Waals surface area contributed by atoms with Gasteiger partial charge in [0.05, 0.1) is 0 Å². The fraction of sp³-hybridized carbons (Fsp3) is 0.786. The van der Waals surface area contributed by atoms with Crippen LogP contribution in [-0.2, 0) is 4.74 Å². The number of hydrogen-bond donors (Lipinski definition) is 1. The number of hydrogen-bond acceptors (Lipinski definition) is 2. The Hall–Kier alpha value is -0.790. The van der Waals surface area contributed by atoms with Crippen molar-refractivity contribution < 1.29 is 4.74 Å². The van der Waals surface area contributed by atoms with Gasteiger partial charge in [-0.15, -0.1) is 6.58 Å². The van der Waals surface area contributed by atoms with Gasteiger partial charge in [0, 0.05) is 6.92 Å². The van der Waals surface area contributed by atoms with Crippen LogP contribution in [0.15, 0.2) is 12.7 Å². The fourth-order valence-electron chi connectivity index (χ4n) is 1.76. The fourth-order valence-corrected chi connectivity index (χ4v) is 1.76. The van der Waals surface area contributed by atoms with Gasteiger partial charge in [0.2, 0.25) is 0 Å². The number of rotatable bonds is 5. The van der Waals surface area contributed by atoms with E-state index in [9.17, 15) is 0 Å². The molecule has 0 aliphatic heterocycles. The lowest BCUT2D eigenvalue weighted by Gasteiger charge is -2.31. The predicted octanol–water partition coefficient (Wildman–Crippen LogP) is 4.41. The molecule has 1 atom stereocenters. The normalized spacial score (nSPS) is 14.4. The zero-order valence-corrected chi connectivity index (χ0v) is 11.7. The number of nitrogens with one attached hydrogen (secondary N) is 1. The van der Waals surface area contributed by atoms with Gasteiger partial charge in [0.25, 0.3) is 0 Å². The average molecular weight is 225 g/mol. The highest BCUT2D eigenvalue weighted by atomic mass is 16.5. The maximum absolute atomic E-state index is 7.45. The molecule has 0 aliphatic rings. The highest BCUT2D eigenvalue weighted by Crippen LogP contribution is 2.31. The first kappa shape index (κ1) is 15.2. The van der Waals surface area contributed by atoms with Crippen LogP contribution in [-0.4, -0.2) is 12.0 Å². The Balaban J connectivity index is 4.55. The number of ether oxygens (including phenoxy) is 1. The van der Waals surface area contributed by atoms with Crippen LogP contribution in [0.1, 0.15) is 54.4 Å². The largest absolute Gasteiger partial charge is 0.478 e. The van der Waals surface area contributed by atoms with E-state index in [4.69, 9.17) is 10.1 Å². The molecular formula is C14H27NO. The summed E-state index contributed by atoms with van der Waals surface area (Å²) in [5, 5.41) is 7.45. The molecule has 0 spiro atoms. The van der Waals surface area contributed by atoms with Crippen molar-refractivity contribution in [3.63, 3.8) is 0 Å². The third-order valence-corrected chi connectivity index (χ3v) is 2.49. The molecule has 0 aromatic heterocycles. The van der Waals surface area contributed by atoms with Gasteiger partial charge in [0.15, 0.2) is 5.90 Å². The van der Waals surface area contributed by atoms with Gasteiger partial charge in [-0.3, -0.25) is 5.41 Å². The van der Waals surface area contributed by atoms with E-state index >= 15 is 0 Å². The molecule has 94 valence electrons. The molecule has 0 aromatic carbocycles. The minimum absolute atomic E-state index is 0.0609. The summed E-state index contributed by atoms with van der Waals surface area (Å²) in [5.74, 6) is 0.300. The van der Waals surface area contributed by atoms with Crippen molar-refractivity contribution in [2.24, 2.45) is 10.8 Å². The highest BCUT2D eigenvalue weighted by Gasteiger charge is 2.26. The maximum atomic E-state index is 7.45. The summed E-state index contributed by atoms with van der Waals surface area (Å²) in [6.07, 6.45) is 3.93. The lowest BCUT2D eigenvalue weighted by atomic mass is 9.81. The molecule has 0 bridgehead atoms. The summed E-state index contributed by atoms with van der Waals surface area (Å²) < 4.78 is 5.60. The molecule has 0 fully saturated rings. The molecular weight excluding hydrogens is 198 g/mol. The molecule has 2 heteroatoms. The Morgan fingerprint density at radius 3 is 2.06 bits per heavy atom. The molecule has 1 N–H and O–H groups in total. The van der Waals surface area contributed by atoms with Crippen LogP contribution in [0.3, 0.4) is 0 Å². The second kappa shape index (κ2) is 5.51. The second-order valence-electron chi connectivity index (χ2n) is 6.46. The topological polar surface area (TPSA) is 33.1 Å². The molecule has 2 nitrogen and oxygen atoms in total. The van der Waals surface area contributed by atoms with Gasteiger partial charge in [-0.25, -0.2) is 0 Å². The molecule has 0 rings (SSSR count). The highest BCUT2D eigenvalue weighted by molar-refractivity contribution is 5.69. The zero-order valence-electron chi connectivity index (χ0n) is 11.7. The van der Waals surface area contributed by atoms with E-state index in [-0.39, 0.29) is 16.9 Å². The molecule has 0 saturated heterocycles. The van der Waals surface area contributed by atoms with E-state index in [0.29, 0.717) is 5.90 Å². The summed E-state index contributed by atoms with van der Waals surface area (Å²) in [4.78, 5) is 0. The molecule has 0 amide bonds. The van der Waals surface area contributed by atoms with Crippen molar-refractivity contribution >= 4 is 5.90 Å².